The number of rotatable bonds is 8. The number of nitrogens with zero attached hydrogens (tertiary/aromatic N) is 3. The first kappa shape index (κ1) is 28.0. The Labute approximate surface area is 243 Å². The zero-order valence-electron chi connectivity index (χ0n) is 22.1. The largest absolute Gasteiger partial charge is 0.489 e. The highest BCUT2D eigenvalue weighted by Crippen LogP contribution is 2.31. The summed E-state index contributed by atoms with van der Waals surface area (Å²) in [5.74, 6) is 0.0895. The predicted octanol–water partition coefficient (Wildman–Crippen LogP) is 4.94. The number of hydrogen-bond acceptors (Lipinski definition) is 8. The molecule has 5 rings (SSSR count). The lowest BCUT2D eigenvalue weighted by atomic mass is 9.96. The van der Waals surface area contributed by atoms with Crippen molar-refractivity contribution in [2.75, 3.05) is 6.61 Å². The minimum atomic E-state index is -0.708. The Morgan fingerprint density at radius 2 is 1.78 bits per heavy atom. The molecule has 41 heavy (non-hydrogen) atoms. The first-order chi connectivity index (χ1) is 19.7. The Morgan fingerprint density at radius 3 is 2.41 bits per heavy atom. The van der Waals surface area contributed by atoms with E-state index in [2.05, 4.69) is 4.99 Å². The summed E-state index contributed by atoms with van der Waals surface area (Å²) in [7, 11) is 0. The number of nitro groups is 1. The lowest BCUT2D eigenvalue weighted by Gasteiger charge is -2.24. The number of halogens is 1. The molecule has 0 saturated carbocycles. The SMILES string of the molecule is CCOC(=O)C1=C(C)N=c2s/c(=C\c3ccc(OCc4ccc([N+](=O)[O-])cc4)cc3)c(=O)n2C1c1ccc(Cl)cc1. The predicted molar refractivity (Wildman–Crippen MR) is 156 cm³/mol. The highest BCUT2D eigenvalue weighted by molar-refractivity contribution is 7.07. The van der Waals surface area contributed by atoms with E-state index in [1.807, 2.05) is 12.1 Å². The third-order valence-corrected chi connectivity index (χ3v) is 7.67. The van der Waals surface area contributed by atoms with Gasteiger partial charge in [0.1, 0.15) is 12.4 Å². The van der Waals surface area contributed by atoms with E-state index in [1.54, 1.807) is 68.5 Å². The van der Waals surface area contributed by atoms with Gasteiger partial charge in [-0.3, -0.25) is 19.5 Å². The van der Waals surface area contributed by atoms with E-state index in [4.69, 9.17) is 21.1 Å². The average Bonchev–Trinajstić information content (AvgIpc) is 3.26. The molecule has 1 aliphatic heterocycles. The number of aromatic nitrogens is 1. The molecule has 11 heteroatoms. The number of esters is 1. The molecule has 9 nitrogen and oxygen atoms in total. The molecule has 1 aliphatic rings. The van der Waals surface area contributed by atoms with Gasteiger partial charge < -0.3 is 9.47 Å². The number of hydrogen-bond donors (Lipinski definition) is 0. The summed E-state index contributed by atoms with van der Waals surface area (Å²) >= 11 is 7.35. The van der Waals surface area contributed by atoms with Crippen LogP contribution < -0.4 is 19.6 Å². The Bertz CT molecular complexity index is 1830. The zero-order valence-corrected chi connectivity index (χ0v) is 23.6. The van der Waals surface area contributed by atoms with Crippen molar-refractivity contribution in [3.05, 3.63) is 136 Å². The molecule has 0 saturated heterocycles. The maximum atomic E-state index is 13.7. The summed E-state index contributed by atoms with van der Waals surface area (Å²) in [4.78, 5) is 42.1. The van der Waals surface area contributed by atoms with Gasteiger partial charge >= 0.3 is 5.97 Å². The van der Waals surface area contributed by atoms with E-state index >= 15 is 0 Å². The summed E-state index contributed by atoms with van der Waals surface area (Å²) < 4.78 is 13.1. The second-order valence-corrected chi connectivity index (χ2v) is 10.6. The van der Waals surface area contributed by atoms with Crippen molar-refractivity contribution in [1.82, 2.24) is 4.57 Å². The number of nitro benzene ring substituents is 1. The van der Waals surface area contributed by atoms with Crippen LogP contribution in [0.25, 0.3) is 6.08 Å². The van der Waals surface area contributed by atoms with E-state index < -0.39 is 16.9 Å². The molecule has 0 bridgehead atoms. The maximum Gasteiger partial charge on any atom is 0.338 e. The van der Waals surface area contributed by atoms with Crippen LogP contribution in [-0.4, -0.2) is 22.1 Å². The Kier molecular flexibility index (Phi) is 8.14. The normalized spacial score (nSPS) is 14.8. The molecule has 1 aromatic heterocycles. The van der Waals surface area contributed by atoms with Gasteiger partial charge in [0.2, 0.25) is 0 Å². The van der Waals surface area contributed by atoms with Crippen LogP contribution in [0.1, 0.15) is 36.6 Å². The first-order valence-electron chi connectivity index (χ1n) is 12.7. The third kappa shape index (κ3) is 5.98. The fourth-order valence-electron chi connectivity index (χ4n) is 4.44. The maximum absolute atomic E-state index is 13.7. The van der Waals surface area contributed by atoms with Crippen molar-refractivity contribution in [3.63, 3.8) is 0 Å². The van der Waals surface area contributed by atoms with Gasteiger partial charge in [-0.2, -0.15) is 0 Å². The van der Waals surface area contributed by atoms with Crippen LogP contribution in [0.2, 0.25) is 5.02 Å². The van der Waals surface area contributed by atoms with Crippen molar-refractivity contribution in [2.45, 2.75) is 26.5 Å². The van der Waals surface area contributed by atoms with Gasteiger partial charge in [0.05, 0.1) is 33.4 Å². The number of carbonyl (C=O) groups is 1. The van der Waals surface area contributed by atoms with E-state index in [-0.39, 0.29) is 24.5 Å². The highest BCUT2D eigenvalue weighted by atomic mass is 35.5. The molecule has 1 atom stereocenters. The monoisotopic (exact) mass is 589 g/mol. The van der Waals surface area contributed by atoms with E-state index in [0.717, 1.165) is 11.1 Å². The van der Waals surface area contributed by atoms with Crippen molar-refractivity contribution in [1.29, 1.82) is 0 Å². The molecule has 208 valence electrons. The van der Waals surface area contributed by atoms with Gasteiger partial charge in [0.25, 0.3) is 11.2 Å². The minimum Gasteiger partial charge on any atom is -0.489 e. The third-order valence-electron chi connectivity index (χ3n) is 6.43. The molecule has 0 N–H and O–H groups in total. The number of allylic oxidation sites excluding steroid dienone is 1. The number of thiazole rings is 1. The molecular formula is C30H24ClN3O6S. The number of carbonyl (C=O) groups excluding carboxylic acids is 1. The van der Waals surface area contributed by atoms with E-state index in [0.29, 0.717) is 36.9 Å². The molecule has 0 aliphatic carbocycles. The summed E-state index contributed by atoms with van der Waals surface area (Å²) in [6.07, 6.45) is 1.77. The summed E-state index contributed by atoms with van der Waals surface area (Å²) in [6, 6.07) is 19.7. The molecular weight excluding hydrogens is 566 g/mol. The lowest BCUT2D eigenvalue weighted by Crippen LogP contribution is -2.39. The topological polar surface area (TPSA) is 113 Å². The molecule has 4 aromatic rings. The molecule has 3 aromatic carbocycles. The number of benzene rings is 3. The number of fused-ring (bicyclic) bond motifs is 1. The Hall–Kier alpha value is -4.54. The number of non-ortho nitro benzene ring substituents is 1. The van der Waals surface area contributed by atoms with Gasteiger partial charge in [-0.15, -0.1) is 0 Å². The second kappa shape index (κ2) is 11.9. The standard InChI is InChI=1S/C30H24ClN3O6S/c1-3-39-29(36)26-18(2)32-30-33(27(26)21-8-10-22(31)11-9-21)28(35)25(41-30)16-19-6-14-24(15-7-19)40-17-20-4-12-23(13-5-20)34(37)38/h4-16,27H,3,17H2,1-2H3/b25-16-. The lowest BCUT2D eigenvalue weighted by molar-refractivity contribution is -0.384. The van der Waals surface area contributed by atoms with Crippen LogP contribution >= 0.6 is 22.9 Å². The van der Waals surface area contributed by atoms with Gasteiger partial charge in [-0.25, -0.2) is 9.79 Å². The van der Waals surface area contributed by atoms with Crippen LogP contribution in [0.4, 0.5) is 5.69 Å². The zero-order chi connectivity index (χ0) is 29.1. The summed E-state index contributed by atoms with van der Waals surface area (Å²) in [6.45, 7) is 3.91. The van der Waals surface area contributed by atoms with Crippen molar-refractivity contribution in [2.24, 2.45) is 4.99 Å². The van der Waals surface area contributed by atoms with Gasteiger partial charge in [0, 0.05) is 17.2 Å². The van der Waals surface area contributed by atoms with Gasteiger partial charge in [-0.05, 0) is 73.0 Å². The van der Waals surface area contributed by atoms with Crippen molar-refractivity contribution < 1.29 is 19.2 Å². The van der Waals surface area contributed by atoms with Crippen LogP contribution in [0.5, 0.6) is 5.75 Å². The quantitative estimate of drug-likeness (QED) is 0.163. The van der Waals surface area contributed by atoms with Crippen LogP contribution in [0.15, 0.2) is 93.9 Å². The van der Waals surface area contributed by atoms with Crippen molar-refractivity contribution >= 4 is 40.7 Å². The number of ether oxygens (including phenoxy) is 2. The van der Waals surface area contributed by atoms with Crippen LogP contribution in [-0.2, 0) is 16.1 Å². The molecule has 0 amide bonds. The molecule has 1 unspecified atom stereocenters. The van der Waals surface area contributed by atoms with Gasteiger partial charge in [-0.1, -0.05) is 47.2 Å². The van der Waals surface area contributed by atoms with E-state index in [9.17, 15) is 19.7 Å². The first-order valence-corrected chi connectivity index (χ1v) is 13.9. The fourth-order valence-corrected chi connectivity index (χ4v) is 5.62. The van der Waals surface area contributed by atoms with Crippen LogP contribution in [0.3, 0.4) is 0 Å². The van der Waals surface area contributed by atoms with Gasteiger partial charge in [0.15, 0.2) is 4.80 Å². The highest BCUT2D eigenvalue weighted by Gasteiger charge is 2.33. The minimum absolute atomic E-state index is 0.0233. The smallest absolute Gasteiger partial charge is 0.338 e. The summed E-state index contributed by atoms with van der Waals surface area (Å²) in [5, 5.41) is 11.4. The molecule has 0 radical (unpaired) electrons. The average molecular weight is 590 g/mol. The van der Waals surface area contributed by atoms with Crippen LogP contribution in [0, 0.1) is 10.1 Å². The Balaban J connectivity index is 1.44. The fraction of sp³-hybridized carbons (Fsp3) is 0.167. The second-order valence-electron chi connectivity index (χ2n) is 9.14. The molecule has 2 heterocycles. The van der Waals surface area contributed by atoms with E-state index in [1.165, 1.54) is 28.0 Å². The molecule has 0 fully saturated rings. The summed E-state index contributed by atoms with van der Waals surface area (Å²) in [5.41, 5.74) is 2.84. The Morgan fingerprint density at radius 1 is 1.10 bits per heavy atom. The van der Waals surface area contributed by atoms with Crippen molar-refractivity contribution in [3.8, 4) is 5.75 Å². The molecule has 0 spiro atoms.